The van der Waals surface area contributed by atoms with Crippen LogP contribution in [0.4, 0.5) is 10.1 Å². The molecule has 1 N–H and O–H groups in total. The van der Waals surface area contributed by atoms with Crippen LogP contribution in [-0.2, 0) is 16.6 Å². The zero-order chi connectivity index (χ0) is 22.7. The Morgan fingerprint density at radius 1 is 1.06 bits per heavy atom. The number of thiazole rings is 1. The Morgan fingerprint density at radius 2 is 1.78 bits per heavy atom. The third-order valence-electron chi connectivity index (χ3n) is 4.60. The molecule has 0 fully saturated rings. The Labute approximate surface area is 188 Å². The first-order chi connectivity index (χ1) is 15.4. The van der Waals surface area contributed by atoms with Crippen LogP contribution in [0.1, 0.15) is 10.4 Å². The fourth-order valence-electron chi connectivity index (χ4n) is 3.12. The van der Waals surface area contributed by atoms with E-state index in [1.807, 2.05) is 0 Å². The molecule has 4 rings (SSSR count). The molecule has 0 saturated heterocycles. The molecule has 6 nitrogen and oxygen atoms in total. The van der Waals surface area contributed by atoms with Crippen LogP contribution in [0.15, 0.2) is 95.3 Å². The predicted molar refractivity (Wildman–Crippen MR) is 124 cm³/mol. The molecule has 9 heteroatoms. The molecular weight excluding hydrogens is 449 g/mol. The summed E-state index contributed by atoms with van der Waals surface area (Å²) in [6.07, 6.45) is 1.61. The number of carbonyl (C=O) groups excluding carboxylic acids is 1. The van der Waals surface area contributed by atoms with Crippen LogP contribution in [0.5, 0.6) is 0 Å². The number of allylic oxidation sites excluding steroid dienone is 1. The topological polar surface area (TPSA) is 80.5 Å². The van der Waals surface area contributed by atoms with E-state index < -0.39 is 21.7 Å². The van der Waals surface area contributed by atoms with E-state index in [2.05, 4.69) is 16.3 Å². The van der Waals surface area contributed by atoms with Gasteiger partial charge >= 0.3 is 0 Å². The molecule has 1 heterocycles. The lowest BCUT2D eigenvalue weighted by Gasteiger charge is -2.08. The highest BCUT2D eigenvalue weighted by atomic mass is 32.2. The summed E-state index contributed by atoms with van der Waals surface area (Å²) in [4.78, 5) is 17.4. The van der Waals surface area contributed by atoms with Crippen molar-refractivity contribution >= 4 is 43.2 Å². The molecule has 32 heavy (non-hydrogen) atoms. The van der Waals surface area contributed by atoms with E-state index in [-0.39, 0.29) is 10.5 Å². The first kappa shape index (κ1) is 21.7. The van der Waals surface area contributed by atoms with Crippen LogP contribution < -0.4 is 9.52 Å². The van der Waals surface area contributed by atoms with Gasteiger partial charge < -0.3 is 4.57 Å². The summed E-state index contributed by atoms with van der Waals surface area (Å²) >= 11 is 1.21. The molecule has 162 valence electrons. The lowest BCUT2D eigenvalue weighted by Crippen LogP contribution is -2.17. The highest BCUT2D eigenvalue weighted by molar-refractivity contribution is 7.92. The summed E-state index contributed by atoms with van der Waals surface area (Å²) in [5.41, 5.74) is 0.960. The van der Waals surface area contributed by atoms with Crippen molar-refractivity contribution in [2.75, 3.05) is 4.72 Å². The number of sulfonamides is 1. The molecule has 3 aromatic carbocycles. The Hall–Kier alpha value is -3.56. The van der Waals surface area contributed by atoms with E-state index in [1.165, 1.54) is 53.8 Å². The molecular formula is C23H18FN3O3S2. The van der Waals surface area contributed by atoms with Crippen LogP contribution in [0.2, 0.25) is 0 Å². The number of hydrogen-bond acceptors (Lipinski definition) is 4. The maximum Gasteiger partial charge on any atom is 0.279 e. The Bertz CT molecular complexity index is 1470. The predicted octanol–water partition coefficient (Wildman–Crippen LogP) is 4.57. The second-order valence-electron chi connectivity index (χ2n) is 6.78. The van der Waals surface area contributed by atoms with Crippen molar-refractivity contribution in [3.8, 4) is 0 Å². The lowest BCUT2D eigenvalue weighted by atomic mass is 10.2. The van der Waals surface area contributed by atoms with Gasteiger partial charge in [-0.05, 0) is 48.5 Å². The van der Waals surface area contributed by atoms with Crippen molar-refractivity contribution in [2.45, 2.75) is 11.4 Å². The fraction of sp³-hybridized carbons (Fsp3) is 0.0435. The standard InChI is InChI=1S/C23H18FN3O3S2/c1-2-15-27-21-19(24)9-6-10-20(21)31-23(27)25-22(28)16-11-13-17(14-12-16)26-32(29,30)18-7-4-3-5-8-18/h2-14,26H,1,15H2. The third kappa shape index (κ3) is 4.39. The molecule has 0 spiro atoms. The molecule has 0 bridgehead atoms. The van der Waals surface area contributed by atoms with Crippen LogP contribution in [0.3, 0.4) is 0 Å². The van der Waals surface area contributed by atoms with Crippen molar-refractivity contribution in [3.63, 3.8) is 0 Å². The molecule has 0 saturated carbocycles. The SMILES string of the molecule is C=CCn1c(=NC(=O)c2ccc(NS(=O)(=O)c3ccccc3)cc2)sc2cccc(F)c21. The average Bonchev–Trinajstić information content (AvgIpc) is 3.13. The van der Waals surface area contributed by atoms with Crippen LogP contribution in [-0.4, -0.2) is 18.9 Å². The molecule has 0 aliphatic heterocycles. The minimum absolute atomic E-state index is 0.138. The summed E-state index contributed by atoms with van der Waals surface area (Å²) in [5, 5.41) is 0. The van der Waals surface area contributed by atoms with E-state index in [1.54, 1.807) is 41.0 Å². The minimum Gasteiger partial charge on any atom is -0.310 e. The maximum absolute atomic E-state index is 14.3. The average molecular weight is 468 g/mol. The molecule has 4 aromatic rings. The van der Waals surface area contributed by atoms with Crippen molar-refractivity contribution in [3.05, 3.63) is 102 Å². The minimum atomic E-state index is -3.73. The van der Waals surface area contributed by atoms with Gasteiger partial charge in [-0.15, -0.1) is 6.58 Å². The second kappa shape index (κ2) is 8.89. The number of rotatable bonds is 6. The number of para-hydroxylation sites is 1. The molecule has 1 aromatic heterocycles. The summed E-state index contributed by atoms with van der Waals surface area (Å²) in [6.45, 7) is 3.99. The number of benzene rings is 3. The summed E-state index contributed by atoms with van der Waals surface area (Å²) < 4.78 is 43.9. The number of halogens is 1. The second-order valence-corrected chi connectivity index (χ2v) is 9.47. The molecule has 0 aliphatic carbocycles. The van der Waals surface area contributed by atoms with Gasteiger partial charge in [0.15, 0.2) is 4.80 Å². The Balaban J connectivity index is 1.63. The zero-order valence-corrected chi connectivity index (χ0v) is 18.4. The number of fused-ring (bicyclic) bond motifs is 1. The van der Waals surface area contributed by atoms with E-state index >= 15 is 0 Å². The van der Waals surface area contributed by atoms with Crippen molar-refractivity contribution < 1.29 is 17.6 Å². The third-order valence-corrected chi connectivity index (χ3v) is 7.04. The molecule has 0 unspecified atom stereocenters. The van der Waals surface area contributed by atoms with Crippen LogP contribution in [0.25, 0.3) is 10.2 Å². The molecule has 0 radical (unpaired) electrons. The zero-order valence-electron chi connectivity index (χ0n) is 16.7. The smallest absolute Gasteiger partial charge is 0.279 e. The van der Waals surface area contributed by atoms with Gasteiger partial charge in [0.1, 0.15) is 5.82 Å². The number of nitrogens with zero attached hydrogens (tertiary/aromatic N) is 2. The fourth-order valence-corrected chi connectivity index (χ4v) is 5.25. The number of anilines is 1. The maximum atomic E-state index is 14.3. The van der Waals surface area contributed by atoms with E-state index in [0.29, 0.717) is 27.3 Å². The van der Waals surface area contributed by atoms with Crippen molar-refractivity contribution in [2.24, 2.45) is 4.99 Å². The van der Waals surface area contributed by atoms with Gasteiger partial charge in [-0.3, -0.25) is 9.52 Å². The van der Waals surface area contributed by atoms with Gasteiger partial charge in [-0.25, -0.2) is 12.8 Å². The monoisotopic (exact) mass is 467 g/mol. The number of nitrogens with one attached hydrogen (secondary N) is 1. The normalized spacial score (nSPS) is 12.1. The van der Waals surface area contributed by atoms with Crippen molar-refractivity contribution in [1.29, 1.82) is 0 Å². The van der Waals surface area contributed by atoms with Crippen molar-refractivity contribution in [1.82, 2.24) is 4.57 Å². The highest BCUT2D eigenvalue weighted by Gasteiger charge is 2.15. The number of hydrogen-bond donors (Lipinski definition) is 1. The summed E-state index contributed by atoms with van der Waals surface area (Å²) in [6, 6.07) is 18.7. The number of amides is 1. The van der Waals surface area contributed by atoms with Gasteiger partial charge in [0, 0.05) is 17.8 Å². The number of carbonyl (C=O) groups is 1. The van der Waals surface area contributed by atoms with Gasteiger partial charge in [0.2, 0.25) is 0 Å². The van der Waals surface area contributed by atoms with Crippen LogP contribution in [0, 0.1) is 5.82 Å². The largest absolute Gasteiger partial charge is 0.310 e. The van der Waals surface area contributed by atoms with Crippen LogP contribution >= 0.6 is 11.3 Å². The lowest BCUT2D eigenvalue weighted by molar-refractivity contribution is 0.0998. The Morgan fingerprint density at radius 3 is 2.47 bits per heavy atom. The summed E-state index contributed by atoms with van der Waals surface area (Å²) in [5.74, 6) is -0.920. The van der Waals surface area contributed by atoms with E-state index in [0.717, 1.165) is 0 Å². The Kier molecular flexibility index (Phi) is 6.02. The van der Waals surface area contributed by atoms with E-state index in [4.69, 9.17) is 0 Å². The first-order valence-electron chi connectivity index (χ1n) is 9.55. The first-order valence-corrected chi connectivity index (χ1v) is 11.8. The molecule has 0 aliphatic rings. The van der Waals surface area contributed by atoms with E-state index in [9.17, 15) is 17.6 Å². The molecule has 1 amide bonds. The van der Waals surface area contributed by atoms with Gasteiger partial charge in [-0.2, -0.15) is 4.99 Å². The van der Waals surface area contributed by atoms with Gasteiger partial charge in [-0.1, -0.05) is 41.7 Å². The molecule has 0 atom stereocenters. The quantitative estimate of drug-likeness (QED) is 0.422. The summed E-state index contributed by atoms with van der Waals surface area (Å²) in [7, 11) is -3.73. The number of aromatic nitrogens is 1. The van der Waals surface area contributed by atoms with Gasteiger partial charge in [0.05, 0.1) is 15.1 Å². The van der Waals surface area contributed by atoms with Gasteiger partial charge in [0.25, 0.3) is 15.9 Å². The highest BCUT2D eigenvalue weighted by Crippen LogP contribution is 2.21.